The van der Waals surface area contributed by atoms with E-state index in [1.165, 1.54) is 12.1 Å². The standard InChI is InChI=1S/C9H8IN3O2/c10-4-3-6-5-7(12-13-11)1-2-8(6)9(14)15/h1-2,5H,3-4H2,(H,14,15). The van der Waals surface area contributed by atoms with E-state index in [9.17, 15) is 4.79 Å². The maximum Gasteiger partial charge on any atom is 0.335 e. The molecule has 15 heavy (non-hydrogen) atoms. The van der Waals surface area contributed by atoms with Crippen molar-refractivity contribution in [1.82, 2.24) is 0 Å². The lowest BCUT2D eigenvalue weighted by molar-refractivity contribution is 0.0696. The number of hydrogen-bond acceptors (Lipinski definition) is 2. The third kappa shape index (κ3) is 3.10. The van der Waals surface area contributed by atoms with Gasteiger partial charge in [0.05, 0.1) is 5.56 Å². The predicted octanol–water partition coefficient (Wildman–Crippen LogP) is 3.30. The molecule has 0 aliphatic rings. The quantitative estimate of drug-likeness (QED) is 0.304. The number of aryl methyl sites for hydroxylation is 1. The van der Waals surface area contributed by atoms with Crippen LogP contribution in [0.5, 0.6) is 0 Å². The van der Waals surface area contributed by atoms with Gasteiger partial charge in [-0.2, -0.15) is 0 Å². The van der Waals surface area contributed by atoms with Crippen LogP contribution in [0.4, 0.5) is 5.69 Å². The minimum Gasteiger partial charge on any atom is -0.478 e. The number of nitrogens with zero attached hydrogens (tertiary/aromatic N) is 3. The van der Waals surface area contributed by atoms with Gasteiger partial charge in [-0.3, -0.25) is 0 Å². The van der Waals surface area contributed by atoms with Gasteiger partial charge in [-0.05, 0) is 29.6 Å². The number of aromatic carboxylic acids is 1. The van der Waals surface area contributed by atoms with Crippen LogP contribution >= 0.6 is 22.6 Å². The van der Waals surface area contributed by atoms with Gasteiger partial charge in [-0.25, -0.2) is 4.79 Å². The van der Waals surface area contributed by atoms with Crippen molar-refractivity contribution in [3.8, 4) is 0 Å². The van der Waals surface area contributed by atoms with Crippen molar-refractivity contribution in [3.05, 3.63) is 39.8 Å². The highest BCUT2D eigenvalue weighted by Crippen LogP contribution is 2.19. The number of benzene rings is 1. The van der Waals surface area contributed by atoms with Crippen molar-refractivity contribution in [3.63, 3.8) is 0 Å². The van der Waals surface area contributed by atoms with Crippen molar-refractivity contribution in [2.24, 2.45) is 5.11 Å². The highest BCUT2D eigenvalue weighted by atomic mass is 127. The van der Waals surface area contributed by atoms with E-state index in [0.29, 0.717) is 17.7 Å². The van der Waals surface area contributed by atoms with E-state index in [1.54, 1.807) is 6.07 Å². The van der Waals surface area contributed by atoms with Gasteiger partial charge in [0.15, 0.2) is 0 Å². The van der Waals surface area contributed by atoms with Crippen molar-refractivity contribution < 1.29 is 9.90 Å². The molecule has 0 aliphatic heterocycles. The van der Waals surface area contributed by atoms with Crippen LogP contribution in [-0.2, 0) is 6.42 Å². The zero-order chi connectivity index (χ0) is 11.3. The maximum absolute atomic E-state index is 10.9. The van der Waals surface area contributed by atoms with Gasteiger partial charge >= 0.3 is 5.97 Å². The summed E-state index contributed by atoms with van der Waals surface area (Å²) >= 11 is 2.17. The predicted molar refractivity (Wildman–Crippen MR) is 64.8 cm³/mol. The average Bonchev–Trinajstić information content (AvgIpc) is 2.18. The van der Waals surface area contributed by atoms with Crippen LogP contribution in [0.1, 0.15) is 15.9 Å². The van der Waals surface area contributed by atoms with Gasteiger partial charge in [-0.1, -0.05) is 33.8 Å². The van der Waals surface area contributed by atoms with Gasteiger partial charge < -0.3 is 5.11 Å². The first-order valence-corrected chi connectivity index (χ1v) is 5.69. The second kappa shape index (κ2) is 5.57. The first-order chi connectivity index (χ1) is 7.19. The normalized spacial score (nSPS) is 9.40. The number of rotatable bonds is 4. The lowest BCUT2D eigenvalue weighted by Crippen LogP contribution is -2.02. The molecule has 0 saturated heterocycles. The van der Waals surface area contributed by atoms with E-state index in [1.807, 2.05) is 0 Å². The van der Waals surface area contributed by atoms with E-state index in [0.717, 1.165) is 4.43 Å². The number of azide groups is 1. The third-order valence-electron chi connectivity index (χ3n) is 1.84. The van der Waals surface area contributed by atoms with Gasteiger partial charge in [0.2, 0.25) is 0 Å². The highest BCUT2D eigenvalue weighted by Gasteiger charge is 2.09. The molecular weight excluding hydrogens is 309 g/mol. The molecule has 0 spiro atoms. The lowest BCUT2D eigenvalue weighted by atomic mass is 10.0. The summed E-state index contributed by atoms with van der Waals surface area (Å²) in [6.07, 6.45) is 0.650. The summed E-state index contributed by atoms with van der Waals surface area (Å²) in [4.78, 5) is 13.5. The molecule has 0 fully saturated rings. The molecule has 1 aromatic carbocycles. The monoisotopic (exact) mass is 317 g/mol. The van der Waals surface area contributed by atoms with E-state index >= 15 is 0 Å². The fourth-order valence-corrected chi connectivity index (χ4v) is 1.79. The molecule has 0 bridgehead atoms. The molecule has 0 radical (unpaired) electrons. The molecule has 0 atom stereocenters. The van der Waals surface area contributed by atoms with Gasteiger partial charge in [-0.15, -0.1) is 0 Å². The molecule has 6 heteroatoms. The summed E-state index contributed by atoms with van der Waals surface area (Å²) in [5.41, 5.74) is 9.67. The Kier molecular flexibility index (Phi) is 4.38. The minimum absolute atomic E-state index is 0.267. The van der Waals surface area contributed by atoms with Crippen molar-refractivity contribution in [2.45, 2.75) is 6.42 Å². The van der Waals surface area contributed by atoms with E-state index in [2.05, 4.69) is 32.6 Å². The van der Waals surface area contributed by atoms with Crippen LogP contribution in [0.2, 0.25) is 0 Å². The van der Waals surface area contributed by atoms with Crippen molar-refractivity contribution in [2.75, 3.05) is 4.43 Å². The van der Waals surface area contributed by atoms with E-state index in [-0.39, 0.29) is 5.56 Å². The molecule has 0 aliphatic carbocycles. The first kappa shape index (κ1) is 11.8. The number of halogens is 1. The second-order valence-electron chi connectivity index (χ2n) is 2.78. The average molecular weight is 317 g/mol. The van der Waals surface area contributed by atoms with Crippen LogP contribution in [0.3, 0.4) is 0 Å². The Balaban J connectivity index is 3.19. The smallest absolute Gasteiger partial charge is 0.335 e. The third-order valence-corrected chi connectivity index (χ3v) is 2.38. The molecule has 0 saturated carbocycles. The number of carbonyl (C=O) groups is 1. The molecule has 0 amide bonds. The molecule has 1 aromatic rings. The lowest BCUT2D eigenvalue weighted by Gasteiger charge is -2.04. The van der Waals surface area contributed by atoms with Crippen LogP contribution in [0, 0.1) is 0 Å². The zero-order valence-corrected chi connectivity index (χ0v) is 9.88. The Morgan fingerprint density at radius 1 is 1.60 bits per heavy atom. The summed E-state index contributed by atoms with van der Waals surface area (Å²) in [6.45, 7) is 0. The van der Waals surface area contributed by atoms with Crippen LogP contribution in [-0.4, -0.2) is 15.5 Å². The van der Waals surface area contributed by atoms with E-state index in [4.69, 9.17) is 10.6 Å². The Bertz CT molecular complexity index is 427. The van der Waals surface area contributed by atoms with Crippen molar-refractivity contribution >= 4 is 34.2 Å². The number of hydrogen-bond donors (Lipinski definition) is 1. The zero-order valence-electron chi connectivity index (χ0n) is 7.72. The van der Waals surface area contributed by atoms with Crippen LogP contribution < -0.4 is 0 Å². The Labute approximate surface area is 99.9 Å². The van der Waals surface area contributed by atoms with Gasteiger partial charge in [0, 0.05) is 15.0 Å². The van der Waals surface area contributed by atoms with Gasteiger partial charge in [0.25, 0.3) is 0 Å². The Hall–Kier alpha value is -1.27. The van der Waals surface area contributed by atoms with Crippen LogP contribution in [0.15, 0.2) is 23.3 Å². The first-order valence-electron chi connectivity index (χ1n) is 4.16. The molecule has 0 unspecified atom stereocenters. The molecule has 78 valence electrons. The second-order valence-corrected chi connectivity index (χ2v) is 3.85. The summed E-state index contributed by atoms with van der Waals surface area (Å²) in [5.74, 6) is -0.956. The summed E-state index contributed by atoms with van der Waals surface area (Å²) in [6, 6.07) is 4.58. The number of carboxylic acids is 1. The molecule has 0 aromatic heterocycles. The van der Waals surface area contributed by atoms with Gasteiger partial charge in [0.1, 0.15) is 0 Å². The summed E-state index contributed by atoms with van der Waals surface area (Å²) in [5, 5.41) is 12.3. The maximum atomic E-state index is 10.9. The highest BCUT2D eigenvalue weighted by molar-refractivity contribution is 14.1. The number of alkyl halides is 1. The minimum atomic E-state index is -0.956. The number of carboxylic acid groups (broad SMARTS) is 1. The van der Waals surface area contributed by atoms with E-state index < -0.39 is 5.97 Å². The SMILES string of the molecule is [N-]=[N+]=Nc1ccc(C(=O)O)c(CCI)c1. The summed E-state index contributed by atoms with van der Waals surface area (Å²) < 4.78 is 0.817. The summed E-state index contributed by atoms with van der Waals surface area (Å²) in [7, 11) is 0. The Morgan fingerprint density at radius 3 is 2.87 bits per heavy atom. The van der Waals surface area contributed by atoms with Crippen molar-refractivity contribution in [1.29, 1.82) is 0 Å². The molecule has 0 heterocycles. The Morgan fingerprint density at radius 2 is 2.33 bits per heavy atom. The largest absolute Gasteiger partial charge is 0.478 e. The van der Waals surface area contributed by atoms with Crippen LogP contribution in [0.25, 0.3) is 10.4 Å². The molecule has 1 rings (SSSR count). The molecule has 5 nitrogen and oxygen atoms in total. The molecular formula is C9H8IN3O2. The topological polar surface area (TPSA) is 86.1 Å². The fraction of sp³-hybridized carbons (Fsp3) is 0.222. The molecule has 1 N–H and O–H groups in total. The fourth-order valence-electron chi connectivity index (χ4n) is 1.21.